The van der Waals surface area contributed by atoms with E-state index >= 15 is 0 Å². The maximum atomic E-state index is 12.0. The van der Waals surface area contributed by atoms with Crippen LogP contribution in [0, 0.1) is 10.1 Å². The van der Waals surface area contributed by atoms with Gasteiger partial charge in [0.1, 0.15) is 0 Å². The van der Waals surface area contributed by atoms with Gasteiger partial charge >= 0.3 is 6.03 Å². The van der Waals surface area contributed by atoms with Crippen LogP contribution in [0.5, 0.6) is 0 Å². The molecule has 0 bridgehead atoms. The Morgan fingerprint density at radius 1 is 0.966 bits per heavy atom. The monoisotopic (exact) mass is 397 g/mol. The van der Waals surface area contributed by atoms with Crippen LogP contribution in [0.4, 0.5) is 27.5 Å². The third kappa shape index (κ3) is 7.71. The van der Waals surface area contributed by atoms with Gasteiger partial charge in [-0.25, -0.2) is 4.79 Å². The number of non-ortho nitro benzene ring substituents is 1. The number of nitrogens with one attached hydrogen (secondary N) is 4. The number of nitrogens with zero attached hydrogens (tertiary/aromatic N) is 1. The number of anilines is 3. The largest absolute Gasteiger partial charge is 0.385 e. The minimum atomic E-state index is -0.450. The first-order chi connectivity index (χ1) is 14.0. The number of carbonyl (C=O) groups excluding carboxylic acids is 2. The van der Waals surface area contributed by atoms with Gasteiger partial charge in [-0.1, -0.05) is 6.08 Å². The van der Waals surface area contributed by atoms with Crippen molar-refractivity contribution in [3.63, 3.8) is 0 Å². The molecule has 0 atom stereocenters. The minimum Gasteiger partial charge on any atom is -0.385 e. The van der Waals surface area contributed by atoms with Gasteiger partial charge in [0.2, 0.25) is 5.91 Å². The summed E-state index contributed by atoms with van der Waals surface area (Å²) in [6.07, 6.45) is 2.51. The normalized spacial score (nSPS) is 9.93. The van der Waals surface area contributed by atoms with Crippen molar-refractivity contribution < 1.29 is 14.5 Å². The van der Waals surface area contributed by atoms with E-state index in [1.54, 1.807) is 42.5 Å². The fourth-order valence-electron chi connectivity index (χ4n) is 2.38. The topological polar surface area (TPSA) is 125 Å². The van der Waals surface area contributed by atoms with Crippen molar-refractivity contribution in [2.45, 2.75) is 12.8 Å². The maximum absolute atomic E-state index is 12.0. The Bertz CT molecular complexity index is 850. The van der Waals surface area contributed by atoms with Gasteiger partial charge < -0.3 is 21.3 Å². The molecule has 0 unspecified atom stereocenters. The molecule has 0 aromatic heterocycles. The smallest absolute Gasteiger partial charge is 0.319 e. The Kier molecular flexibility index (Phi) is 8.18. The van der Waals surface area contributed by atoms with Crippen LogP contribution < -0.4 is 21.3 Å². The summed E-state index contributed by atoms with van der Waals surface area (Å²) in [7, 11) is 0. The second-order valence-corrected chi connectivity index (χ2v) is 6.08. The van der Waals surface area contributed by atoms with Crippen molar-refractivity contribution in [2.75, 3.05) is 29.0 Å². The van der Waals surface area contributed by atoms with Crippen LogP contribution in [0.1, 0.15) is 12.8 Å². The molecular formula is C20H23N5O4. The molecule has 0 radical (unpaired) electrons. The molecule has 0 fully saturated rings. The fraction of sp³-hybridized carbons (Fsp3) is 0.200. The van der Waals surface area contributed by atoms with E-state index in [0.29, 0.717) is 37.3 Å². The Hall–Kier alpha value is -3.88. The van der Waals surface area contributed by atoms with Gasteiger partial charge in [0.05, 0.1) is 4.92 Å². The minimum absolute atomic E-state index is 0.0357. The lowest BCUT2D eigenvalue weighted by molar-refractivity contribution is -0.384. The van der Waals surface area contributed by atoms with E-state index in [1.807, 2.05) is 0 Å². The van der Waals surface area contributed by atoms with Crippen LogP contribution in [0.3, 0.4) is 0 Å². The SMILES string of the molecule is C=CCNC(=O)Nc1ccc(NC(=O)CCCNc2ccc([N+](=O)[O-])cc2)cc1. The van der Waals surface area contributed by atoms with E-state index in [9.17, 15) is 19.7 Å². The Morgan fingerprint density at radius 3 is 2.14 bits per heavy atom. The number of hydrogen-bond donors (Lipinski definition) is 4. The van der Waals surface area contributed by atoms with Crippen LogP contribution in [0.15, 0.2) is 61.2 Å². The van der Waals surface area contributed by atoms with Crippen LogP contribution in [0.25, 0.3) is 0 Å². The first-order valence-corrected chi connectivity index (χ1v) is 9.02. The molecule has 4 N–H and O–H groups in total. The average molecular weight is 397 g/mol. The summed E-state index contributed by atoms with van der Waals surface area (Å²) in [4.78, 5) is 33.7. The van der Waals surface area contributed by atoms with Gasteiger partial charge in [0, 0.05) is 48.7 Å². The van der Waals surface area contributed by atoms with Gasteiger partial charge in [-0.15, -0.1) is 6.58 Å². The lowest BCUT2D eigenvalue weighted by Gasteiger charge is -2.09. The van der Waals surface area contributed by atoms with Crippen molar-refractivity contribution in [3.8, 4) is 0 Å². The molecule has 0 spiro atoms. The first-order valence-electron chi connectivity index (χ1n) is 9.02. The summed E-state index contributed by atoms with van der Waals surface area (Å²) >= 11 is 0. The van der Waals surface area contributed by atoms with E-state index in [2.05, 4.69) is 27.8 Å². The molecule has 3 amide bonds. The van der Waals surface area contributed by atoms with E-state index in [4.69, 9.17) is 0 Å². The third-order valence-corrected chi connectivity index (χ3v) is 3.82. The summed E-state index contributed by atoms with van der Waals surface area (Å²) in [6.45, 7) is 4.46. The molecule has 2 rings (SSSR count). The molecule has 9 heteroatoms. The first kappa shape index (κ1) is 21.4. The van der Waals surface area contributed by atoms with E-state index in [0.717, 1.165) is 5.69 Å². The number of urea groups is 1. The Morgan fingerprint density at radius 2 is 1.55 bits per heavy atom. The number of benzene rings is 2. The zero-order valence-electron chi connectivity index (χ0n) is 15.8. The molecule has 0 heterocycles. The van der Waals surface area contributed by atoms with Crippen LogP contribution in [-0.2, 0) is 4.79 Å². The molecule has 152 valence electrons. The van der Waals surface area contributed by atoms with Gasteiger partial charge in [0.15, 0.2) is 0 Å². The quantitative estimate of drug-likeness (QED) is 0.210. The van der Waals surface area contributed by atoms with Crippen molar-refractivity contribution in [1.29, 1.82) is 0 Å². The summed E-state index contributed by atoms with van der Waals surface area (Å²) in [5.74, 6) is -0.125. The third-order valence-electron chi connectivity index (χ3n) is 3.82. The maximum Gasteiger partial charge on any atom is 0.319 e. The summed E-state index contributed by atoms with van der Waals surface area (Å²) < 4.78 is 0. The number of hydrogen-bond acceptors (Lipinski definition) is 5. The molecule has 2 aromatic rings. The predicted molar refractivity (Wildman–Crippen MR) is 113 cm³/mol. The molecule has 0 saturated carbocycles. The average Bonchev–Trinajstić information content (AvgIpc) is 2.71. The number of carbonyl (C=O) groups is 2. The van der Waals surface area contributed by atoms with E-state index in [1.165, 1.54) is 12.1 Å². The number of nitro groups is 1. The lowest BCUT2D eigenvalue weighted by atomic mass is 10.2. The highest BCUT2D eigenvalue weighted by Crippen LogP contribution is 2.16. The number of nitro benzene ring substituents is 1. The van der Waals surface area contributed by atoms with Crippen molar-refractivity contribution in [1.82, 2.24) is 5.32 Å². The number of amides is 3. The molecule has 2 aromatic carbocycles. The summed E-state index contributed by atoms with van der Waals surface area (Å²) in [5.41, 5.74) is 2.04. The second kappa shape index (κ2) is 11.1. The van der Waals surface area contributed by atoms with Gasteiger partial charge in [-0.3, -0.25) is 14.9 Å². The highest BCUT2D eigenvalue weighted by molar-refractivity contribution is 5.92. The predicted octanol–water partition coefficient (Wildman–Crippen LogP) is 3.73. The van der Waals surface area contributed by atoms with Crippen molar-refractivity contribution in [2.24, 2.45) is 0 Å². The van der Waals surface area contributed by atoms with Crippen molar-refractivity contribution in [3.05, 3.63) is 71.3 Å². The second-order valence-electron chi connectivity index (χ2n) is 6.08. The van der Waals surface area contributed by atoms with Gasteiger partial charge in [-0.2, -0.15) is 0 Å². The molecular weight excluding hydrogens is 374 g/mol. The molecule has 9 nitrogen and oxygen atoms in total. The van der Waals surface area contributed by atoms with E-state index < -0.39 is 4.92 Å². The summed E-state index contributed by atoms with van der Waals surface area (Å²) in [6, 6.07) is 12.6. The fourth-order valence-corrected chi connectivity index (χ4v) is 2.38. The molecule has 0 aliphatic heterocycles. The van der Waals surface area contributed by atoms with Gasteiger partial charge in [0.25, 0.3) is 5.69 Å². The van der Waals surface area contributed by atoms with Crippen molar-refractivity contribution >= 4 is 34.7 Å². The highest BCUT2D eigenvalue weighted by Gasteiger charge is 2.05. The Balaban J connectivity index is 1.68. The molecule has 0 aliphatic carbocycles. The summed E-state index contributed by atoms with van der Waals surface area (Å²) in [5, 5.41) is 21.8. The Labute approximate surface area is 168 Å². The standard InChI is InChI=1S/C20H23N5O4/c1-2-13-22-20(27)24-17-7-5-16(6-8-17)23-19(26)4-3-14-21-15-9-11-18(12-10-15)25(28)29/h2,5-12,21H,1,3-4,13-14H2,(H,23,26)(H2,22,24,27). The highest BCUT2D eigenvalue weighted by atomic mass is 16.6. The van der Waals surface area contributed by atoms with E-state index in [-0.39, 0.29) is 17.6 Å². The van der Waals surface area contributed by atoms with Crippen LogP contribution in [-0.4, -0.2) is 30.0 Å². The van der Waals surface area contributed by atoms with Crippen LogP contribution in [0.2, 0.25) is 0 Å². The molecule has 29 heavy (non-hydrogen) atoms. The molecule has 0 saturated heterocycles. The molecule has 0 aliphatic rings. The zero-order valence-corrected chi connectivity index (χ0v) is 15.8. The lowest BCUT2D eigenvalue weighted by Crippen LogP contribution is -2.28. The number of rotatable bonds is 10. The van der Waals surface area contributed by atoms with Crippen LogP contribution >= 0.6 is 0 Å². The zero-order chi connectivity index (χ0) is 21.1. The van der Waals surface area contributed by atoms with Gasteiger partial charge in [-0.05, 0) is 42.8 Å².